The van der Waals surface area contributed by atoms with E-state index < -0.39 is 7.12 Å². The van der Waals surface area contributed by atoms with Gasteiger partial charge < -0.3 is 10.0 Å². The minimum atomic E-state index is -1.32. The van der Waals surface area contributed by atoms with E-state index in [0.29, 0.717) is 0 Å². The fourth-order valence-electron chi connectivity index (χ4n) is 0.474. The van der Waals surface area contributed by atoms with Gasteiger partial charge in [-0.2, -0.15) is 0 Å². The van der Waals surface area contributed by atoms with Gasteiger partial charge in [-0.25, -0.2) is 0 Å². The average molecular weight is 142 g/mol. The Kier molecular flexibility index (Phi) is 3.13. The summed E-state index contributed by atoms with van der Waals surface area (Å²) < 4.78 is 0. The molecule has 0 amide bonds. The van der Waals surface area contributed by atoms with Crippen molar-refractivity contribution in [2.24, 2.45) is 5.41 Å². The smallest absolute Gasteiger partial charge is 0.424 e. The van der Waals surface area contributed by atoms with E-state index in [0.717, 1.165) is 5.57 Å². The monoisotopic (exact) mass is 142 g/mol. The van der Waals surface area contributed by atoms with Crippen LogP contribution in [0, 0.1) is 5.41 Å². The van der Waals surface area contributed by atoms with Gasteiger partial charge in [-0.15, -0.1) is 0 Å². The molecular weight excluding hydrogens is 127 g/mol. The van der Waals surface area contributed by atoms with E-state index >= 15 is 0 Å². The van der Waals surface area contributed by atoms with Crippen molar-refractivity contribution in [2.45, 2.75) is 27.7 Å². The highest BCUT2D eigenvalue weighted by Crippen LogP contribution is 2.23. The van der Waals surface area contributed by atoms with Crippen LogP contribution in [0.25, 0.3) is 0 Å². The summed E-state index contributed by atoms with van der Waals surface area (Å²) in [5, 5.41) is 17.1. The predicted molar refractivity (Wildman–Crippen MR) is 43.4 cm³/mol. The lowest BCUT2D eigenvalue weighted by molar-refractivity contribution is 0.420. The minimum Gasteiger partial charge on any atom is -0.424 e. The summed E-state index contributed by atoms with van der Waals surface area (Å²) in [6.45, 7) is 7.98. The summed E-state index contributed by atoms with van der Waals surface area (Å²) in [5.41, 5.74) is 1.02. The molecule has 0 aliphatic carbocycles. The van der Waals surface area contributed by atoms with Crippen molar-refractivity contribution in [3.63, 3.8) is 0 Å². The zero-order chi connectivity index (χ0) is 8.36. The van der Waals surface area contributed by atoms with Gasteiger partial charge in [0.15, 0.2) is 0 Å². The first-order valence-corrected chi connectivity index (χ1v) is 3.39. The van der Waals surface area contributed by atoms with Gasteiger partial charge in [-0.3, -0.25) is 0 Å². The lowest BCUT2D eigenvalue weighted by Crippen LogP contribution is -2.13. The molecule has 0 aromatic rings. The normalized spacial score (nSPS) is 13.6. The van der Waals surface area contributed by atoms with Crippen LogP contribution in [0.5, 0.6) is 0 Å². The first kappa shape index (κ1) is 9.72. The third-order valence-corrected chi connectivity index (χ3v) is 1.58. The molecule has 0 fully saturated rings. The van der Waals surface area contributed by atoms with Gasteiger partial charge in [0.2, 0.25) is 0 Å². The van der Waals surface area contributed by atoms with Crippen LogP contribution in [0.15, 0.2) is 11.5 Å². The van der Waals surface area contributed by atoms with Crippen molar-refractivity contribution in [3.8, 4) is 0 Å². The van der Waals surface area contributed by atoms with Crippen LogP contribution < -0.4 is 0 Å². The number of allylic oxidation sites excluding steroid dienone is 1. The molecule has 3 heteroatoms. The maximum absolute atomic E-state index is 8.57. The van der Waals surface area contributed by atoms with Gasteiger partial charge in [-0.05, 0) is 12.3 Å². The van der Waals surface area contributed by atoms with Gasteiger partial charge >= 0.3 is 7.12 Å². The molecule has 2 nitrogen and oxygen atoms in total. The fraction of sp³-hybridized carbons (Fsp3) is 0.714. The highest BCUT2D eigenvalue weighted by molar-refractivity contribution is 6.47. The maximum atomic E-state index is 8.57. The summed E-state index contributed by atoms with van der Waals surface area (Å²) in [4.78, 5) is 0. The first-order valence-electron chi connectivity index (χ1n) is 3.39. The van der Waals surface area contributed by atoms with Crippen LogP contribution in [-0.4, -0.2) is 17.2 Å². The van der Waals surface area contributed by atoms with Crippen molar-refractivity contribution in [3.05, 3.63) is 11.5 Å². The standard InChI is InChI=1S/C7H15BO2/c1-6(5-8(9)10)7(2,3)4/h5,9-10H,1-4H3/b6-5+. The highest BCUT2D eigenvalue weighted by atomic mass is 16.4. The minimum absolute atomic E-state index is 0.0315. The molecule has 0 saturated heterocycles. The molecule has 0 unspecified atom stereocenters. The van der Waals surface area contributed by atoms with Crippen LogP contribution >= 0.6 is 0 Å². The maximum Gasteiger partial charge on any atom is 0.480 e. The first-order chi connectivity index (χ1) is 4.34. The Balaban J connectivity index is 4.20. The average Bonchev–Trinajstić information content (AvgIpc) is 1.60. The van der Waals surface area contributed by atoms with Gasteiger partial charge in [0.25, 0.3) is 0 Å². The fourth-order valence-corrected chi connectivity index (χ4v) is 0.474. The Labute approximate surface area is 62.7 Å². The molecule has 0 aliphatic heterocycles. The van der Waals surface area contributed by atoms with Crippen molar-refractivity contribution in [2.75, 3.05) is 0 Å². The summed E-state index contributed by atoms with van der Waals surface area (Å²) in [7, 11) is -1.32. The van der Waals surface area contributed by atoms with Gasteiger partial charge in [0, 0.05) is 0 Å². The SMILES string of the molecule is C/C(=C\B(O)O)C(C)(C)C. The van der Waals surface area contributed by atoms with E-state index in [1.54, 1.807) is 0 Å². The molecule has 0 aromatic heterocycles. The molecule has 0 atom stereocenters. The van der Waals surface area contributed by atoms with Crippen molar-refractivity contribution in [1.82, 2.24) is 0 Å². The van der Waals surface area contributed by atoms with Crippen LogP contribution in [0.2, 0.25) is 0 Å². The van der Waals surface area contributed by atoms with E-state index in [9.17, 15) is 0 Å². The zero-order valence-corrected chi connectivity index (χ0v) is 7.05. The van der Waals surface area contributed by atoms with Crippen molar-refractivity contribution < 1.29 is 10.0 Å². The van der Waals surface area contributed by atoms with Crippen molar-refractivity contribution in [1.29, 1.82) is 0 Å². The van der Waals surface area contributed by atoms with Gasteiger partial charge in [-0.1, -0.05) is 32.3 Å². The van der Waals surface area contributed by atoms with Gasteiger partial charge in [0.1, 0.15) is 0 Å². The second-order valence-electron chi connectivity index (χ2n) is 3.51. The third-order valence-electron chi connectivity index (χ3n) is 1.58. The Morgan fingerprint density at radius 1 is 1.30 bits per heavy atom. The quantitative estimate of drug-likeness (QED) is 0.536. The molecule has 2 N–H and O–H groups in total. The molecule has 0 bridgehead atoms. The molecule has 0 spiro atoms. The summed E-state index contributed by atoms with van der Waals surface area (Å²) in [6.07, 6.45) is 0. The Morgan fingerprint density at radius 3 is 1.80 bits per heavy atom. The number of rotatable bonds is 1. The third kappa shape index (κ3) is 3.69. The van der Waals surface area contributed by atoms with E-state index in [-0.39, 0.29) is 5.41 Å². The molecule has 0 saturated carbocycles. The predicted octanol–water partition coefficient (Wildman–Crippen LogP) is 0.991. The molecule has 0 radical (unpaired) electrons. The van der Waals surface area contributed by atoms with Crippen LogP contribution in [0.3, 0.4) is 0 Å². The van der Waals surface area contributed by atoms with E-state index in [4.69, 9.17) is 10.0 Å². The number of hydrogen-bond donors (Lipinski definition) is 2. The lowest BCUT2D eigenvalue weighted by Gasteiger charge is -2.19. The van der Waals surface area contributed by atoms with Crippen LogP contribution in [0.1, 0.15) is 27.7 Å². The largest absolute Gasteiger partial charge is 0.480 e. The second kappa shape index (κ2) is 3.22. The summed E-state index contributed by atoms with van der Waals surface area (Å²) in [6, 6.07) is 0. The Bertz CT molecular complexity index is 133. The molecule has 58 valence electrons. The van der Waals surface area contributed by atoms with E-state index in [1.165, 1.54) is 5.98 Å². The summed E-state index contributed by atoms with van der Waals surface area (Å²) >= 11 is 0. The molecule has 0 rings (SSSR count). The molecule has 10 heavy (non-hydrogen) atoms. The summed E-state index contributed by atoms with van der Waals surface area (Å²) in [5.74, 6) is 1.44. The molecule has 0 aliphatic rings. The van der Waals surface area contributed by atoms with Gasteiger partial charge in [0.05, 0.1) is 0 Å². The lowest BCUT2D eigenvalue weighted by atomic mass is 9.79. The van der Waals surface area contributed by atoms with Crippen LogP contribution in [-0.2, 0) is 0 Å². The molecule has 0 heterocycles. The molecular formula is C7H15BO2. The highest BCUT2D eigenvalue weighted by Gasteiger charge is 2.14. The van der Waals surface area contributed by atoms with E-state index in [2.05, 4.69) is 0 Å². The molecule has 0 aromatic carbocycles. The van der Waals surface area contributed by atoms with Crippen LogP contribution in [0.4, 0.5) is 0 Å². The Morgan fingerprint density at radius 2 is 1.70 bits per heavy atom. The zero-order valence-electron chi connectivity index (χ0n) is 7.05. The van der Waals surface area contributed by atoms with E-state index in [1.807, 2.05) is 27.7 Å². The van der Waals surface area contributed by atoms with Crippen molar-refractivity contribution >= 4 is 7.12 Å². The Hall–Kier alpha value is -0.275. The number of hydrogen-bond acceptors (Lipinski definition) is 2. The topological polar surface area (TPSA) is 40.5 Å². The second-order valence-corrected chi connectivity index (χ2v) is 3.51.